The van der Waals surface area contributed by atoms with Gasteiger partial charge in [-0.05, 0) is 23.8 Å². The summed E-state index contributed by atoms with van der Waals surface area (Å²) in [5, 5.41) is 8.16. The van der Waals surface area contributed by atoms with E-state index in [0.29, 0.717) is 30.9 Å². The van der Waals surface area contributed by atoms with Crippen molar-refractivity contribution >= 4 is 16.7 Å². The fourth-order valence-corrected chi connectivity index (χ4v) is 2.62. The Morgan fingerprint density at radius 3 is 2.85 bits per heavy atom. The first-order valence-corrected chi connectivity index (χ1v) is 8.59. The maximum atomic E-state index is 12.4. The third kappa shape index (κ3) is 4.92. The van der Waals surface area contributed by atoms with E-state index in [1.807, 2.05) is 36.4 Å². The van der Waals surface area contributed by atoms with E-state index >= 15 is 0 Å². The normalized spacial score (nSPS) is 10.7. The number of hydrogen-bond donors (Lipinski definition) is 1. The Balaban J connectivity index is 1.59. The van der Waals surface area contributed by atoms with Gasteiger partial charge in [0.1, 0.15) is 18.9 Å². The fraction of sp³-hybridized carbons (Fsp3) is 0.250. The van der Waals surface area contributed by atoms with Gasteiger partial charge in [-0.2, -0.15) is 5.10 Å². The second-order valence-corrected chi connectivity index (χ2v) is 5.96. The maximum Gasteiger partial charge on any atom is 0.275 e. The molecule has 0 fully saturated rings. The van der Waals surface area contributed by atoms with Crippen LogP contribution in [0.3, 0.4) is 0 Å². The smallest absolute Gasteiger partial charge is 0.275 e. The van der Waals surface area contributed by atoms with Gasteiger partial charge in [0.2, 0.25) is 5.91 Å². The fourth-order valence-electron chi connectivity index (χ4n) is 2.62. The van der Waals surface area contributed by atoms with Gasteiger partial charge in [0.25, 0.3) is 5.56 Å². The minimum Gasteiger partial charge on any atom is -0.491 e. The van der Waals surface area contributed by atoms with Gasteiger partial charge in [0, 0.05) is 19.0 Å². The van der Waals surface area contributed by atoms with Crippen molar-refractivity contribution in [3.63, 3.8) is 0 Å². The second-order valence-electron chi connectivity index (χ2n) is 5.96. The molecular weight excluding hydrogens is 346 g/mol. The van der Waals surface area contributed by atoms with Crippen molar-refractivity contribution in [2.75, 3.05) is 20.3 Å². The van der Waals surface area contributed by atoms with Gasteiger partial charge in [-0.3, -0.25) is 9.59 Å². The molecule has 0 aliphatic carbocycles. The molecule has 1 aromatic heterocycles. The first-order valence-electron chi connectivity index (χ1n) is 8.59. The number of nitrogens with one attached hydrogen (secondary N) is 1. The Morgan fingerprint density at radius 2 is 2.00 bits per heavy atom. The van der Waals surface area contributed by atoms with Gasteiger partial charge in [-0.15, -0.1) is 0 Å². The van der Waals surface area contributed by atoms with E-state index in [0.717, 1.165) is 10.9 Å². The number of carbonyl (C=O) groups is 1. The molecule has 7 heteroatoms. The Kier molecular flexibility index (Phi) is 6.17. The summed E-state index contributed by atoms with van der Waals surface area (Å²) in [6.45, 7) is 1.17. The van der Waals surface area contributed by atoms with E-state index in [-0.39, 0.29) is 18.0 Å². The minimum absolute atomic E-state index is 0.131. The molecule has 0 saturated heterocycles. The van der Waals surface area contributed by atoms with Crippen LogP contribution in [0.1, 0.15) is 5.56 Å². The first-order chi connectivity index (χ1) is 13.2. The largest absolute Gasteiger partial charge is 0.491 e. The highest BCUT2D eigenvalue weighted by Crippen LogP contribution is 2.13. The molecule has 0 aliphatic rings. The van der Waals surface area contributed by atoms with Crippen LogP contribution in [0.4, 0.5) is 0 Å². The van der Waals surface area contributed by atoms with E-state index in [2.05, 4.69) is 10.4 Å². The Bertz CT molecular complexity index is 984. The van der Waals surface area contributed by atoms with Crippen LogP contribution < -0.4 is 15.6 Å². The molecule has 0 spiro atoms. The molecule has 0 radical (unpaired) electrons. The van der Waals surface area contributed by atoms with Crippen LogP contribution in [-0.2, 0) is 22.6 Å². The lowest BCUT2D eigenvalue weighted by Crippen LogP contribution is -2.33. The number of ether oxygens (including phenoxy) is 2. The zero-order valence-corrected chi connectivity index (χ0v) is 15.1. The summed E-state index contributed by atoms with van der Waals surface area (Å²) in [6, 6.07) is 14.6. The summed E-state index contributed by atoms with van der Waals surface area (Å²) in [5.74, 6) is 0.428. The summed E-state index contributed by atoms with van der Waals surface area (Å²) in [7, 11) is 1.62. The molecule has 0 atom stereocenters. The highest BCUT2D eigenvalue weighted by molar-refractivity contribution is 5.81. The summed E-state index contributed by atoms with van der Waals surface area (Å²) in [4.78, 5) is 24.6. The maximum absolute atomic E-state index is 12.4. The van der Waals surface area contributed by atoms with Gasteiger partial charge in [-0.25, -0.2) is 4.68 Å². The Labute approximate surface area is 156 Å². The van der Waals surface area contributed by atoms with Crippen LogP contribution in [0.15, 0.2) is 59.5 Å². The number of aromatic nitrogens is 2. The molecular formula is C20H21N3O4. The van der Waals surface area contributed by atoms with Gasteiger partial charge >= 0.3 is 0 Å². The Hall–Kier alpha value is -3.19. The topological polar surface area (TPSA) is 82.4 Å². The van der Waals surface area contributed by atoms with Crippen molar-refractivity contribution in [1.82, 2.24) is 15.1 Å². The summed E-state index contributed by atoms with van der Waals surface area (Å²) < 4.78 is 11.7. The number of amides is 1. The summed E-state index contributed by atoms with van der Waals surface area (Å²) >= 11 is 0. The molecule has 0 unspecified atom stereocenters. The number of nitrogens with zero attached hydrogens (tertiary/aromatic N) is 2. The third-order valence-electron chi connectivity index (χ3n) is 4.00. The molecule has 3 aromatic rings. The number of carbonyl (C=O) groups excluding carboxylic acids is 1. The monoisotopic (exact) mass is 367 g/mol. The highest BCUT2D eigenvalue weighted by Gasteiger charge is 2.08. The lowest BCUT2D eigenvalue weighted by molar-refractivity contribution is -0.122. The zero-order valence-electron chi connectivity index (χ0n) is 15.1. The van der Waals surface area contributed by atoms with Crippen molar-refractivity contribution in [3.8, 4) is 5.75 Å². The molecule has 1 amide bonds. The average molecular weight is 367 g/mol. The lowest BCUT2D eigenvalue weighted by atomic mass is 10.2. The van der Waals surface area contributed by atoms with Crippen molar-refractivity contribution in [2.45, 2.75) is 13.1 Å². The molecule has 1 heterocycles. The number of benzene rings is 2. The Morgan fingerprint density at radius 1 is 1.15 bits per heavy atom. The predicted molar refractivity (Wildman–Crippen MR) is 102 cm³/mol. The van der Waals surface area contributed by atoms with E-state index < -0.39 is 0 Å². The van der Waals surface area contributed by atoms with Crippen LogP contribution >= 0.6 is 0 Å². The minimum atomic E-state index is -0.286. The van der Waals surface area contributed by atoms with Gasteiger partial charge in [0.15, 0.2) is 0 Å². The van der Waals surface area contributed by atoms with Crippen molar-refractivity contribution in [1.29, 1.82) is 0 Å². The molecule has 3 rings (SSSR count). The van der Waals surface area contributed by atoms with Gasteiger partial charge in [-0.1, -0.05) is 30.3 Å². The molecule has 2 aromatic carbocycles. The highest BCUT2D eigenvalue weighted by atomic mass is 16.5. The van der Waals surface area contributed by atoms with E-state index in [1.54, 1.807) is 25.4 Å². The number of hydrogen-bond acceptors (Lipinski definition) is 5. The summed E-state index contributed by atoms with van der Waals surface area (Å²) in [5.41, 5.74) is 0.619. The van der Waals surface area contributed by atoms with Crippen molar-refractivity contribution in [3.05, 3.63) is 70.6 Å². The SMILES string of the molecule is COCCOc1cccc(CNC(=O)Cn2ncc3ccccc3c2=O)c1. The van der Waals surface area contributed by atoms with Crippen molar-refractivity contribution in [2.24, 2.45) is 0 Å². The molecule has 0 bridgehead atoms. The molecule has 0 saturated carbocycles. The molecule has 1 N–H and O–H groups in total. The van der Waals surface area contributed by atoms with Crippen LogP contribution in [0.25, 0.3) is 10.8 Å². The lowest BCUT2D eigenvalue weighted by Gasteiger charge is -2.09. The predicted octanol–water partition coefficient (Wildman–Crippen LogP) is 1.74. The van der Waals surface area contributed by atoms with Gasteiger partial charge < -0.3 is 14.8 Å². The number of methoxy groups -OCH3 is 1. The van der Waals surface area contributed by atoms with E-state index in [9.17, 15) is 9.59 Å². The van der Waals surface area contributed by atoms with Crippen molar-refractivity contribution < 1.29 is 14.3 Å². The average Bonchev–Trinajstić information content (AvgIpc) is 2.69. The molecule has 0 aliphatic heterocycles. The molecule has 7 nitrogen and oxygen atoms in total. The standard InChI is InChI=1S/C20H21N3O4/c1-26-9-10-27-17-7-4-5-15(11-17)12-21-19(24)14-23-20(25)18-8-3-2-6-16(18)13-22-23/h2-8,11,13H,9-10,12,14H2,1H3,(H,21,24). The zero-order chi connectivity index (χ0) is 19.1. The van der Waals surface area contributed by atoms with Gasteiger partial charge in [0.05, 0.1) is 18.2 Å². The van der Waals surface area contributed by atoms with E-state index in [1.165, 1.54) is 4.68 Å². The third-order valence-corrected chi connectivity index (χ3v) is 4.00. The molecule has 27 heavy (non-hydrogen) atoms. The van der Waals surface area contributed by atoms with E-state index in [4.69, 9.17) is 9.47 Å². The van der Waals surface area contributed by atoms with Crippen LogP contribution in [0.2, 0.25) is 0 Å². The second kappa shape index (κ2) is 8.95. The number of fused-ring (bicyclic) bond motifs is 1. The number of rotatable bonds is 8. The summed E-state index contributed by atoms with van der Waals surface area (Å²) in [6.07, 6.45) is 1.59. The van der Waals surface area contributed by atoms with Crippen LogP contribution in [-0.4, -0.2) is 36.0 Å². The van der Waals surface area contributed by atoms with Crippen LogP contribution in [0.5, 0.6) is 5.75 Å². The first kappa shape index (κ1) is 18.6. The molecule has 140 valence electrons. The van der Waals surface area contributed by atoms with Crippen LogP contribution in [0, 0.1) is 0 Å². The quantitative estimate of drug-likeness (QED) is 0.613.